The number of aromatic nitrogens is 1. The Bertz CT molecular complexity index is 850. The molecule has 0 atom stereocenters. The van der Waals surface area contributed by atoms with E-state index >= 15 is 0 Å². The van der Waals surface area contributed by atoms with Crippen LogP contribution in [0.1, 0.15) is 10.5 Å². The van der Waals surface area contributed by atoms with Crippen LogP contribution >= 0.6 is 28.6 Å². The van der Waals surface area contributed by atoms with Crippen LogP contribution in [0, 0.1) is 0 Å². The third kappa shape index (κ3) is 2.54. The number of carbonyl (C=O) groups is 1. The lowest BCUT2D eigenvalue weighted by molar-refractivity contribution is 0.108. The smallest absolute Gasteiger partial charge is 0.238 e. The minimum Gasteiger partial charge on any atom is -0.505 e. The van der Waals surface area contributed by atoms with Gasteiger partial charge in [-0.15, -0.1) is 0 Å². The summed E-state index contributed by atoms with van der Waals surface area (Å²) in [6, 6.07) is 15.5. The molecular formula is C16H10BrNO2S. The van der Waals surface area contributed by atoms with Crippen LogP contribution in [0.2, 0.25) is 0 Å². The Morgan fingerprint density at radius 2 is 1.76 bits per heavy atom. The van der Waals surface area contributed by atoms with Gasteiger partial charge in [0.1, 0.15) is 4.60 Å². The second-order valence-electron chi connectivity index (χ2n) is 4.53. The van der Waals surface area contributed by atoms with Crippen molar-refractivity contribution in [1.29, 1.82) is 0 Å². The van der Waals surface area contributed by atoms with Crippen LogP contribution < -0.4 is 0 Å². The molecule has 1 N–H and O–H groups in total. The molecule has 0 amide bonds. The molecule has 0 radical (unpaired) electrons. The first-order chi connectivity index (χ1) is 10.1. The van der Waals surface area contributed by atoms with Crippen molar-refractivity contribution in [2.24, 2.45) is 0 Å². The van der Waals surface area contributed by atoms with Crippen molar-refractivity contribution in [3.63, 3.8) is 0 Å². The lowest BCUT2D eigenvalue weighted by Crippen LogP contribution is -1.97. The van der Waals surface area contributed by atoms with Crippen LogP contribution in [0.4, 0.5) is 0 Å². The molecule has 1 heterocycles. The highest BCUT2D eigenvalue weighted by Gasteiger charge is 2.16. The highest BCUT2D eigenvalue weighted by molar-refractivity contribution is 9.10. The van der Waals surface area contributed by atoms with Crippen LogP contribution in [0.3, 0.4) is 0 Å². The second kappa shape index (κ2) is 5.50. The van der Waals surface area contributed by atoms with Crippen molar-refractivity contribution in [3.8, 4) is 16.9 Å². The molecule has 0 bridgehead atoms. The Kier molecular flexibility index (Phi) is 3.69. The quantitative estimate of drug-likeness (QED) is 0.525. The maximum Gasteiger partial charge on any atom is 0.238 e. The van der Waals surface area contributed by atoms with Gasteiger partial charge >= 0.3 is 0 Å². The van der Waals surface area contributed by atoms with Crippen molar-refractivity contribution in [3.05, 3.63) is 58.8 Å². The van der Waals surface area contributed by atoms with Gasteiger partial charge < -0.3 is 5.11 Å². The molecule has 104 valence electrons. The maximum absolute atomic E-state index is 11.4. The first-order valence-corrected chi connectivity index (χ1v) is 7.43. The number of pyridine rings is 1. The lowest BCUT2D eigenvalue weighted by Gasteiger charge is -2.09. The topological polar surface area (TPSA) is 50.2 Å². The van der Waals surface area contributed by atoms with Gasteiger partial charge in [-0.2, -0.15) is 0 Å². The third-order valence-electron chi connectivity index (χ3n) is 3.24. The number of nitrogens with zero attached hydrogens (tertiary/aromatic N) is 1. The van der Waals surface area contributed by atoms with E-state index in [2.05, 4.69) is 33.5 Å². The predicted octanol–water partition coefficient (Wildman–Crippen LogP) is 4.44. The molecule has 5 heteroatoms. The van der Waals surface area contributed by atoms with Crippen molar-refractivity contribution in [2.45, 2.75) is 0 Å². The largest absolute Gasteiger partial charge is 0.505 e. The van der Waals surface area contributed by atoms with Crippen LogP contribution in [-0.2, 0) is 0 Å². The number of halogens is 1. The van der Waals surface area contributed by atoms with E-state index in [1.807, 2.05) is 42.5 Å². The van der Waals surface area contributed by atoms with Crippen LogP contribution in [0.15, 0.2) is 53.1 Å². The maximum atomic E-state index is 11.4. The van der Waals surface area contributed by atoms with E-state index in [-0.39, 0.29) is 11.4 Å². The molecular weight excluding hydrogens is 350 g/mol. The highest BCUT2D eigenvalue weighted by Crippen LogP contribution is 2.35. The molecule has 2 aromatic carbocycles. The number of carbonyl (C=O) groups excluding carboxylic acids is 1. The molecule has 0 aliphatic heterocycles. The number of hydrogen-bond acceptors (Lipinski definition) is 3. The number of thiol groups is 1. The summed E-state index contributed by atoms with van der Waals surface area (Å²) in [6.45, 7) is 0. The van der Waals surface area contributed by atoms with Crippen LogP contribution in [-0.4, -0.2) is 15.2 Å². The van der Waals surface area contributed by atoms with E-state index in [1.165, 1.54) is 0 Å². The predicted molar refractivity (Wildman–Crippen MR) is 89.9 cm³/mol. The summed E-state index contributed by atoms with van der Waals surface area (Å²) < 4.78 is 0.505. The molecule has 0 aliphatic rings. The normalized spacial score (nSPS) is 10.8. The molecule has 0 unspecified atom stereocenters. The standard InChI is InChI=1S/C16H10BrNO2S/c17-15-12-8-10(9-4-2-1-3-5-9)6-7-11(12)14(19)13(18-15)16(20)21/h1-8,19H,(H,20,21). The number of fused-ring (bicyclic) bond motifs is 1. The van der Waals surface area contributed by atoms with Crippen LogP contribution in [0.5, 0.6) is 5.75 Å². The Morgan fingerprint density at radius 3 is 2.43 bits per heavy atom. The van der Waals surface area contributed by atoms with Crippen LogP contribution in [0.25, 0.3) is 21.9 Å². The molecule has 3 rings (SSSR count). The first kappa shape index (κ1) is 14.1. The van der Waals surface area contributed by atoms with E-state index in [9.17, 15) is 9.90 Å². The molecule has 3 nitrogen and oxygen atoms in total. The summed E-state index contributed by atoms with van der Waals surface area (Å²) >= 11 is 7.07. The lowest BCUT2D eigenvalue weighted by atomic mass is 10.0. The molecule has 0 spiro atoms. The number of rotatable bonds is 2. The minimum absolute atomic E-state index is 0.0508. The summed E-state index contributed by atoms with van der Waals surface area (Å²) in [7, 11) is 0. The SMILES string of the molecule is O=C(S)c1nc(Br)c2cc(-c3ccccc3)ccc2c1O. The zero-order valence-corrected chi connectivity index (χ0v) is 13.2. The van der Waals surface area contributed by atoms with Crippen molar-refractivity contribution < 1.29 is 9.90 Å². The van der Waals surface area contributed by atoms with Gasteiger partial charge in [0, 0.05) is 10.8 Å². The molecule has 21 heavy (non-hydrogen) atoms. The summed E-state index contributed by atoms with van der Waals surface area (Å²) in [6.07, 6.45) is 0. The van der Waals surface area contributed by atoms with Gasteiger partial charge in [0.2, 0.25) is 5.12 Å². The van der Waals surface area contributed by atoms with E-state index in [1.54, 1.807) is 6.07 Å². The first-order valence-electron chi connectivity index (χ1n) is 6.19. The monoisotopic (exact) mass is 359 g/mol. The average Bonchev–Trinajstić information content (AvgIpc) is 2.51. The van der Waals surface area contributed by atoms with Gasteiger partial charge in [-0.05, 0) is 39.2 Å². The molecule has 0 aliphatic carbocycles. The van der Waals surface area contributed by atoms with Gasteiger partial charge in [-0.3, -0.25) is 4.79 Å². The minimum atomic E-state index is -0.567. The van der Waals surface area contributed by atoms with Gasteiger partial charge in [0.05, 0.1) is 0 Å². The Hall–Kier alpha value is -1.85. The number of aromatic hydroxyl groups is 1. The van der Waals surface area contributed by atoms with E-state index in [0.717, 1.165) is 16.5 Å². The summed E-state index contributed by atoms with van der Waals surface area (Å²) in [5.74, 6) is -0.146. The molecule has 0 saturated heterocycles. The molecule has 3 aromatic rings. The average molecular weight is 360 g/mol. The van der Waals surface area contributed by atoms with Gasteiger partial charge in [-0.25, -0.2) is 4.98 Å². The zero-order valence-electron chi connectivity index (χ0n) is 10.7. The van der Waals surface area contributed by atoms with Gasteiger partial charge in [0.15, 0.2) is 11.4 Å². The van der Waals surface area contributed by atoms with Crippen molar-refractivity contribution in [2.75, 3.05) is 0 Å². The van der Waals surface area contributed by atoms with Gasteiger partial charge in [0.25, 0.3) is 0 Å². The Labute approximate surface area is 135 Å². The summed E-state index contributed by atoms with van der Waals surface area (Å²) in [4.78, 5) is 15.4. The van der Waals surface area contributed by atoms with Gasteiger partial charge in [-0.1, -0.05) is 49.0 Å². The second-order valence-corrected chi connectivity index (χ2v) is 5.69. The highest BCUT2D eigenvalue weighted by atomic mass is 79.9. The fraction of sp³-hybridized carbons (Fsp3) is 0. The zero-order chi connectivity index (χ0) is 15.0. The fourth-order valence-electron chi connectivity index (χ4n) is 2.22. The molecule has 1 aromatic heterocycles. The number of hydrogen-bond donors (Lipinski definition) is 2. The number of benzene rings is 2. The van der Waals surface area contributed by atoms with Crippen molar-refractivity contribution in [1.82, 2.24) is 4.98 Å². The summed E-state index contributed by atoms with van der Waals surface area (Å²) in [5.41, 5.74) is 2.03. The Morgan fingerprint density at radius 1 is 1.05 bits per heavy atom. The van der Waals surface area contributed by atoms with Crippen molar-refractivity contribution >= 4 is 44.4 Å². The van der Waals surface area contributed by atoms with E-state index in [0.29, 0.717) is 9.99 Å². The third-order valence-corrected chi connectivity index (χ3v) is 4.06. The van der Waals surface area contributed by atoms with E-state index < -0.39 is 5.12 Å². The molecule has 0 saturated carbocycles. The fourth-order valence-corrected chi connectivity index (χ4v) is 2.88. The van der Waals surface area contributed by atoms with E-state index in [4.69, 9.17) is 0 Å². The Balaban J connectivity index is 2.26. The molecule has 0 fully saturated rings. The summed E-state index contributed by atoms with van der Waals surface area (Å²) in [5, 5.41) is 10.9.